The van der Waals surface area contributed by atoms with Crippen molar-refractivity contribution in [2.75, 3.05) is 31.3 Å². The van der Waals surface area contributed by atoms with Crippen molar-refractivity contribution in [1.82, 2.24) is 30.0 Å². The van der Waals surface area contributed by atoms with E-state index in [1.165, 1.54) is 12.1 Å². The molecule has 4 fully saturated rings. The van der Waals surface area contributed by atoms with Gasteiger partial charge in [-0.2, -0.15) is 5.26 Å². The van der Waals surface area contributed by atoms with Crippen LogP contribution in [-0.2, 0) is 18.7 Å². The Morgan fingerprint density at radius 3 is 2.17 bits per heavy atom. The van der Waals surface area contributed by atoms with Crippen LogP contribution in [-0.4, -0.2) is 127 Å². The molecule has 1 atom stereocenters. The zero-order valence-electron chi connectivity index (χ0n) is 40.3. The maximum absolute atomic E-state index is 13.6. The van der Waals surface area contributed by atoms with Gasteiger partial charge in [-0.15, -0.1) is 0 Å². The Labute approximate surface area is 401 Å². The molecule has 3 aromatic rings. The number of rotatable bonds is 15. The summed E-state index contributed by atoms with van der Waals surface area (Å²) in [5.41, 5.74) is 2.03. The Kier molecular flexibility index (Phi) is 13.6. The van der Waals surface area contributed by atoms with E-state index in [0.717, 1.165) is 67.2 Å². The summed E-state index contributed by atoms with van der Waals surface area (Å²) in [7, 11) is -5.00. The summed E-state index contributed by atoms with van der Waals surface area (Å²) in [6.07, 6.45) is 6.08. The number of carbonyl (C=O) groups excluding carboxylic acids is 5. The van der Waals surface area contributed by atoms with Crippen LogP contribution in [0.15, 0.2) is 42.7 Å². The highest BCUT2D eigenvalue weighted by Crippen LogP contribution is 2.55. The lowest BCUT2D eigenvalue weighted by Crippen LogP contribution is -2.74. The van der Waals surface area contributed by atoms with Crippen molar-refractivity contribution in [1.29, 1.82) is 5.26 Å². The summed E-state index contributed by atoms with van der Waals surface area (Å²) >= 11 is 0. The van der Waals surface area contributed by atoms with Gasteiger partial charge in [0.05, 0.1) is 35.2 Å². The number of nitriles is 1. The number of aryl methyl sites for hydroxylation is 2. The summed E-state index contributed by atoms with van der Waals surface area (Å²) in [6.45, 7) is 18.1. The number of imide groups is 2. The highest BCUT2D eigenvalue weighted by atomic mass is 31.2. The van der Waals surface area contributed by atoms with Crippen LogP contribution in [0.1, 0.15) is 128 Å². The monoisotopic (exact) mass is 968 g/mol. The molecule has 0 bridgehead atoms. The van der Waals surface area contributed by atoms with E-state index < -0.39 is 44.2 Å². The molecule has 3 aliphatic heterocycles. The number of amides is 5. The number of hydrogen-bond acceptors (Lipinski definition) is 14. The molecule has 19 nitrogen and oxygen atoms in total. The third kappa shape index (κ3) is 9.74. The molecule has 5 amide bonds. The fourth-order valence-corrected chi connectivity index (χ4v) is 11.6. The van der Waals surface area contributed by atoms with Gasteiger partial charge in [0.25, 0.3) is 23.6 Å². The number of nitrogens with zero attached hydrogens (tertiary/aromatic N) is 7. The van der Waals surface area contributed by atoms with Gasteiger partial charge in [0.2, 0.25) is 5.91 Å². The SMILES string of the molecule is Cc1cc(OC2C(C)(C)C(NC(=O)c3cnc(N4CCC(CN(C(C)C)C5CC(Oc6ccc7c(c6)C(=O)N(C6CCC(=O)N(COP(=O)(O)O)C6=O)C7=O)C5)CC4)cn3)C2(C)C)cc(C)c1C#N. The molecule has 2 saturated heterocycles. The minimum absolute atomic E-state index is 0.0728. The molecule has 1 unspecified atom stereocenters. The fourth-order valence-electron chi connectivity index (χ4n) is 11.4. The van der Waals surface area contributed by atoms with Crippen LogP contribution in [0.2, 0.25) is 0 Å². The van der Waals surface area contributed by atoms with Crippen LogP contribution < -0.4 is 19.7 Å². The van der Waals surface area contributed by atoms with Crippen LogP contribution in [0, 0.1) is 41.9 Å². The number of aromatic nitrogens is 2. The van der Waals surface area contributed by atoms with Crippen molar-refractivity contribution >= 4 is 43.2 Å². The highest BCUT2D eigenvalue weighted by molar-refractivity contribution is 7.46. The van der Waals surface area contributed by atoms with E-state index in [2.05, 4.69) is 77.2 Å². The Bertz CT molecular complexity index is 2590. The van der Waals surface area contributed by atoms with Crippen LogP contribution >= 0.6 is 7.82 Å². The van der Waals surface area contributed by atoms with Crippen molar-refractivity contribution in [3.05, 3.63) is 76.2 Å². The quantitative estimate of drug-likeness (QED) is 0.129. The Balaban J connectivity index is 0.797. The van der Waals surface area contributed by atoms with Crippen LogP contribution in [0.5, 0.6) is 11.5 Å². The van der Waals surface area contributed by atoms with Gasteiger partial charge >= 0.3 is 7.82 Å². The van der Waals surface area contributed by atoms with Gasteiger partial charge in [0, 0.05) is 67.9 Å². The van der Waals surface area contributed by atoms with E-state index >= 15 is 0 Å². The molecule has 3 N–H and O–H groups in total. The van der Waals surface area contributed by atoms with Crippen LogP contribution in [0.4, 0.5) is 5.82 Å². The molecular formula is C49H61N8O11P. The average Bonchev–Trinajstić information content (AvgIpc) is 3.52. The number of likely N-dealkylation sites (tertiary alicyclic amines) is 1. The van der Waals surface area contributed by atoms with E-state index in [4.69, 9.17) is 19.3 Å². The Hall–Kier alpha value is -5.77. The van der Waals surface area contributed by atoms with E-state index in [0.29, 0.717) is 40.0 Å². The first-order valence-corrected chi connectivity index (χ1v) is 25.1. The fraction of sp³-hybridized carbons (Fsp3) is 0.551. The number of piperidine rings is 2. The van der Waals surface area contributed by atoms with E-state index in [-0.39, 0.29) is 64.6 Å². The lowest BCUT2D eigenvalue weighted by atomic mass is 9.49. The molecule has 8 rings (SSSR count). The number of fused-ring (bicyclic) bond motifs is 1. The number of phosphoric acid groups is 1. The van der Waals surface area contributed by atoms with Gasteiger partial charge in [-0.3, -0.25) is 43.2 Å². The second kappa shape index (κ2) is 18.9. The molecule has 2 aromatic carbocycles. The first-order chi connectivity index (χ1) is 32.5. The second-order valence-corrected chi connectivity index (χ2v) is 21.8. The molecule has 1 aromatic heterocycles. The molecule has 4 heterocycles. The molecule has 2 saturated carbocycles. The number of ether oxygens (including phenoxy) is 2. The van der Waals surface area contributed by atoms with E-state index in [1.807, 2.05) is 26.0 Å². The van der Waals surface area contributed by atoms with Gasteiger partial charge in [0.15, 0.2) is 0 Å². The number of anilines is 1. The zero-order chi connectivity index (χ0) is 49.9. The van der Waals surface area contributed by atoms with Gasteiger partial charge in [-0.05, 0) is 94.3 Å². The van der Waals surface area contributed by atoms with Crippen LogP contribution in [0.25, 0.3) is 0 Å². The van der Waals surface area contributed by atoms with Crippen molar-refractivity contribution in [3.63, 3.8) is 0 Å². The van der Waals surface area contributed by atoms with Gasteiger partial charge in [0.1, 0.15) is 48.0 Å². The van der Waals surface area contributed by atoms with Crippen molar-refractivity contribution < 1.29 is 52.3 Å². The largest absolute Gasteiger partial charge is 0.490 e. The predicted molar refractivity (Wildman–Crippen MR) is 250 cm³/mol. The summed E-state index contributed by atoms with van der Waals surface area (Å²) in [4.78, 5) is 99.5. The molecule has 2 aliphatic carbocycles. The first-order valence-electron chi connectivity index (χ1n) is 23.5. The highest BCUT2D eigenvalue weighted by Gasteiger charge is 2.64. The molecule has 0 spiro atoms. The molecule has 0 radical (unpaired) electrons. The summed E-state index contributed by atoms with van der Waals surface area (Å²) < 4.78 is 28.4. The maximum Gasteiger partial charge on any atom is 0.471 e. The number of phosphoric ester groups is 1. The lowest BCUT2D eigenvalue weighted by Gasteiger charge is -2.63. The number of nitrogens with one attached hydrogen (secondary N) is 1. The molecule has 5 aliphatic rings. The molecule has 20 heteroatoms. The minimum Gasteiger partial charge on any atom is -0.490 e. The maximum atomic E-state index is 13.6. The van der Waals surface area contributed by atoms with Crippen LogP contribution in [0.3, 0.4) is 0 Å². The Morgan fingerprint density at radius 1 is 0.928 bits per heavy atom. The zero-order valence-corrected chi connectivity index (χ0v) is 41.2. The lowest BCUT2D eigenvalue weighted by molar-refractivity contribution is -0.164. The number of benzene rings is 2. The average molecular weight is 969 g/mol. The molecular weight excluding hydrogens is 908 g/mol. The number of carbonyl (C=O) groups is 5. The third-order valence-corrected chi connectivity index (χ3v) is 15.3. The van der Waals surface area contributed by atoms with Gasteiger partial charge < -0.3 is 29.5 Å². The van der Waals surface area contributed by atoms with Crippen molar-refractivity contribution in [2.24, 2.45) is 16.7 Å². The minimum atomic E-state index is -5.00. The van der Waals surface area contributed by atoms with Gasteiger partial charge in [-0.1, -0.05) is 27.7 Å². The van der Waals surface area contributed by atoms with E-state index in [9.17, 15) is 33.8 Å². The first kappa shape index (κ1) is 49.6. The molecule has 368 valence electrons. The summed E-state index contributed by atoms with van der Waals surface area (Å²) in [5.74, 6) is -1.07. The smallest absolute Gasteiger partial charge is 0.471 e. The Morgan fingerprint density at radius 2 is 1.58 bits per heavy atom. The van der Waals surface area contributed by atoms with Crippen molar-refractivity contribution in [2.45, 2.75) is 130 Å². The third-order valence-electron chi connectivity index (χ3n) is 14.8. The topological polar surface area (TPSA) is 245 Å². The predicted octanol–water partition coefficient (Wildman–Crippen LogP) is 5.29. The van der Waals surface area contributed by atoms with Gasteiger partial charge in [-0.25, -0.2) is 14.5 Å². The van der Waals surface area contributed by atoms with Crippen molar-refractivity contribution in [3.8, 4) is 17.6 Å². The molecule has 69 heavy (non-hydrogen) atoms. The number of hydrogen-bond donors (Lipinski definition) is 3. The normalized spacial score (nSPS) is 24.5. The standard InChI is InChI=1S/C49H61N8O11P/c1-27(2)55(31-19-34(20-31)67-32-9-10-35-36(21-32)44(61)57(43(35)60)39-11-12-41(58)56(45(39)62)26-66-69(63,64)65)25-30-13-15-54(16-14-30)40-24-51-38(23-52-40)42(59)53-46-48(5,6)47(49(46,7)8)68-33-17-28(3)37(22-50)29(4)18-33/h9-10,17-18,21,23-24,27,30-31,34,39,46-47H,11-16,19-20,25-26H2,1-8H3,(H,53,59)(H2,63,64,65). The summed E-state index contributed by atoms with van der Waals surface area (Å²) in [6, 6.07) is 9.74. The van der Waals surface area contributed by atoms with E-state index in [1.54, 1.807) is 18.5 Å². The second-order valence-electron chi connectivity index (χ2n) is 20.6. The summed E-state index contributed by atoms with van der Waals surface area (Å²) in [5, 5.41) is 12.7.